The van der Waals surface area contributed by atoms with Crippen LogP contribution >= 0.6 is 22.6 Å². The fourth-order valence-corrected chi connectivity index (χ4v) is 2.44. The Bertz CT molecular complexity index is 446. The van der Waals surface area contributed by atoms with Crippen LogP contribution in [0.3, 0.4) is 0 Å². The van der Waals surface area contributed by atoms with Crippen molar-refractivity contribution in [3.8, 4) is 0 Å². The number of aryl methyl sites for hydroxylation is 1. The maximum absolute atomic E-state index is 11.7. The quantitative estimate of drug-likeness (QED) is 0.652. The van der Waals surface area contributed by atoms with Gasteiger partial charge in [0.15, 0.2) is 0 Å². The molecule has 1 aromatic heterocycles. The van der Waals surface area contributed by atoms with Crippen molar-refractivity contribution in [3.05, 3.63) is 22.2 Å². The van der Waals surface area contributed by atoms with Crippen LogP contribution in [0.1, 0.15) is 24.6 Å². The number of hydrogen-bond acceptors (Lipinski definition) is 4. The molecule has 0 unspecified atom stereocenters. The van der Waals surface area contributed by atoms with E-state index in [1.165, 1.54) is 4.57 Å². The highest BCUT2D eigenvalue weighted by Crippen LogP contribution is 2.28. The van der Waals surface area contributed by atoms with Crippen molar-refractivity contribution >= 4 is 28.4 Å². The minimum Gasteiger partial charge on any atom is -0.383 e. The molecule has 1 aliphatic heterocycles. The van der Waals surface area contributed by atoms with Crippen LogP contribution in [-0.4, -0.2) is 20.1 Å². The van der Waals surface area contributed by atoms with E-state index in [-0.39, 0.29) is 18.0 Å². The van der Waals surface area contributed by atoms with Gasteiger partial charge in [-0.2, -0.15) is 4.98 Å². The smallest absolute Gasteiger partial charge is 0.351 e. The molecule has 16 heavy (non-hydrogen) atoms. The summed E-state index contributed by atoms with van der Waals surface area (Å²) in [4.78, 5) is 15.4. The molecular weight excluding hydrogens is 321 g/mol. The van der Waals surface area contributed by atoms with Gasteiger partial charge < -0.3 is 10.5 Å². The van der Waals surface area contributed by atoms with Gasteiger partial charge in [-0.15, -0.1) is 0 Å². The molecule has 0 bridgehead atoms. The highest BCUT2D eigenvalue weighted by molar-refractivity contribution is 14.1. The van der Waals surface area contributed by atoms with Crippen molar-refractivity contribution in [3.63, 3.8) is 0 Å². The minimum atomic E-state index is -0.331. The van der Waals surface area contributed by atoms with Crippen molar-refractivity contribution < 1.29 is 4.74 Å². The second-order valence-electron chi connectivity index (χ2n) is 3.94. The molecule has 88 valence electrons. The number of alkyl halides is 1. The van der Waals surface area contributed by atoms with Gasteiger partial charge in [0.05, 0.1) is 6.10 Å². The van der Waals surface area contributed by atoms with E-state index in [9.17, 15) is 4.79 Å². The first kappa shape index (κ1) is 11.8. The predicted octanol–water partition coefficient (Wildman–Crippen LogP) is 1.25. The fraction of sp³-hybridized carbons (Fsp3) is 0.600. The van der Waals surface area contributed by atoms with Crippen LogP contribution in [0.4, 0.5) is 5.82 Å². The Hall–Kier alpha value is -0.630. The summed E-state index contributed by atoms with van der Waals surface area (Å²) in [6.45, 7) is 1.84. The van der Waals surface area contributed by atoms with Crippen LogP contribution in [0.15, 0.2) is 11.0 Å². The summed E-state index contributed by atoms with van der Waals surface area (Å²) in [5.41, 5.74) is 6.05. The number of ether oxygens (including phenoxy) is 1. The van der Waals surface area contributed by atoms with E-state index in [4.69, 9.17) is 10.5 Å². The van der Waals surface area contributed by atoms with Gasteiger partial charge in [-0.1, -0.05) is 22.6 Å². The number of anilines is 1. The van der Waals surface area contributed by atoms with E-state index in [0.29, 0.717) is 5.82 Å². The molecule has 2 atom stereocenters. The summed E-state index contributed by atoms with van der Waals surface area (Å²) >= 11 is 2.29. The lowest BCUT2D eigenvalue weighted by molar-refractivity contribution is 0.0113. The summed E-state index contributed by atoms with van der Waals surface area (Å²) in [7, 11) is 0. The maximum atomic E-state index is 11.7. The SMILES string of the molecule is Cc1cn([C@H]2CC[C@@H](CI)O2)c(=O)nc1N. The van der Waals surface area contributed by atoms with Gasteiger partial charge in [0.2, 0.25) is 0 Å². The van der Waals surface area contributed by atoms with Crippen LogP contribution in [0.5, 0.6) is 0 Å². The number of nitrogens with zero attached hydrogens (tertiary/aromatic N) is 2. The number of halogens is 1. The summed E-state index contributed by atoms with van der Waals surface area (Å²) in [5, 5.41) is 0. The Morgan fingerprint density at radius 1 is 1.69 bits per heavy atom. The topological polar surface area (TPSA) is 70.1 Å². The molecule has 5 nitrogen and oxygen atoms in total. The highest BCUT2D eigenvalue weighted by Gasteiger charge is 2.26. The zero-order chi connectivity index (χ0) is 11.7. The molecule has 6 heteroatoms. The largest absolute Gasteiger partial charge is 0.383 e. The Kier molecular flexibility index (Phi) is 3.48. The first-order chi connectivity index (χ1) is 7.61. The molecule has 1 fully saturated rings. The van der Waals surface area contributed by atoms with E-state index in [2.05, 4.69) is 27.6 Å². The van der Waals surface area contributed by atoms with Gasteiger partial charge in [0.25, 0.3) is 0 Å². The van der Waals surface area contributed by atoms with Crippen molar-refractivity contribution in [1.82, 2.24) is 9.55 Å². The summed E-state index contributed by atoms with van der Waals surface area (Å²) < 4.78 is 8.24. The second kappa shape index (κ2) is 4.70. The van der Waals surface area contributed by atoms with Gasteiger partial charge in [0.1, 0.15) is 12.0 Å². The zero-order valence-corrected chi connectivity index (χ0v) is 11.2. The second-order valence-corrected chi connectivity index (χ2v) is 4.82. The standard InChI is InChI=1S/C10H14IN3O2/c1-6-5-14(10(15)13-9(6)12)8-3-2-7(4-11)16-8/h5,7-8H,2-4H2,1H3,(H2,12,13,15)/t7-,8+/m0/s1. The van der Waals surface area contributed by atoms with Gasteiger partial charge in [-0.05, 0) is 19.8 Å². The lowest BCUT2D eigenvalue weighted by Crippen LogP contribution is -2.28. The highest BCUT2D eigenvalue weighted by atomic mass is 127. The molecule has 0 amide bonds. The lowest BCUT2D eigenvalue weighted by atomic mass is 10.2. The third kappa shape index (κ3) is 2.22. The Morgan fingerprint density at radius 3 is 3.06 bits per heavy atom. The first-order valence-corrected chi connectivity index (χ1v) is 6.71. The molecule has 2 rings (SSSR count). The summed E-state index contributed by atoms with van der Waals surface area (Å²) in [6.07, 6.45) is 3.64. The van der Waals surface area contributed by atoms with E-state index >= 15 is 0 Å². The fourth-order valence-electron chi connectivity index (χ4n) is 1.79. The molecule has 0 saturated carbocycles. The van der Waals surface area contributed by atoms with Crippen molar-refractivity contribution in [2.45, 2.75) is 32.1 Å². The maximum Gasteiger partial charge on any atom is 0.351 e. The van der Waals surface area contributed by atoms with Gasteiger partial charge in [-0.3, -0.25) is 4.57 Å². The van der Waals surface area contributed by atoms with E-state index in [1.54, 1.807) is 6.20 Å². The van der Waals surface area contributed by atoms with Crippen LogP contribution in [0.25, 0.3) is 0 Å². The number of nitrogens with two attached hydrogens (primary N) is 1. The van der Waals surface area contributed by atoms with Crippen molar-refractivity contribution in [2.24, 2.45) is 0 Å². The zero-order valence-electron chi connectivity index (χ0n) is 9.02. The van der Waals surface area contributed by atoms with E-state index in [1.807, 2.05) is 6.92 Å². The third-order valence-corrected chi connectivity index (χ3v) is 3.72. The van der Waals surface area contributed by atoms with E-state index in [0.717, 1.165) is 22.8 Å². The molecule has 2 N–H and O–H groups in total. The number of aromatic nitrogens is 2. The van der Waals surface area contributed by atoms with Gasteiger partial charge in [-0.25, -0.2) is 4.79 Å². The van der Waals surface area contributed by atoms with Crippen LogP contribution in [0, 0.1) is 6.92 Å². The molecule has 1 aromatic rings. The first-order valence-electron chi connectivity index (χ1n) is 5.18. The minimum absolute atomic E-state index is 0.181. The lowest BCUT2D eigenvalue weighted by Gasteiger charge is -2.15. The van der Waals surface area contributed by atoms with Crippen LogP contribution in [-0.2, 0) is 4.74 Å². The average molecular weight is 335 g/mol. The van der Waals surface area contributed by atoms with Crippen LogP contribution in [0.2, 0.25) is 0 Å². The number of nitrogen functional groups attached to an aromatic ring is 1. The number of rotatable bonds is 2. The Balaban J connectivity index is 2.28. The summed E-state index contributed by atoms with van der Waals surface area (Å²) in [5.74, 6) is 0.296. The van der Waals surface area contributed by atoms with Crippen molar-refractivity contribution in [2.75, 3.05) is 10.2 Å². The number of hydrogen-bond donors (Lipinski definition) is 1. The predicted molar refractivity (Wildman–Crippen MR) is 69.7 cm³/mol. The molecule has 0 aromatic carbocycles. The van der Waals surface area contributed by atoms with Crippen LogP contribution < -0.4 is 11.4 Å². The summed E-state index contributed by atoms with van der Waals surface area (Å²) in [6, 6.07) is 0. The Morgan fingerprint density at radius 2 is 2.44 bits per heavy atom. The molecule has 1 aliphatic rings. The normalized spacial score (nSPS) is 24.9. The molecule has 0 spiro atoms. The molecule has 1 saturated heterocycles. The molecule has 0 aliphatic carbocycles. The Labute approximate surface area is 107 Å². The molecule has 2 heterocycles. The average Bonchev–Trinajstić information content (AvgIpc) is 2.71. The monoisotopic (exact) mass is 335 g/mol. The van der Waals surface area contributed by atoms with Crippen molar-refractivity contribution in [1.29, 1.82) is 0 Å². The van der Waals surface area contributed by atoms with Gasteiger partial charge in [0, 0.05) is 16.2 Å². The van der Waals surface area contributed by atoms with E-state index < -0.39 is 0 Å². The molecule has 0 radical (unpaired) electrons. The van der Waals surface area contributed by atoms with Gasteiger partial charge >= 0.3 is 5.69 Å². The third-order valence-electron chi connectivity index (χ3n) is 2.74. The molecular formula is C10H14IN3O2.